The number of anilines is 1. The summed E-state index contributed by atoms with van der Waals surface area (Å²) in [6.07, 6.45) is 0. The molecule has 0 radical (unpaired) electrons. The van der Waals surface area contributed by atoms with E-state index in [1.807, 2.05) is 13.8 Å². The zero-order chi connectivity index (χ0) is 17.4. The molecule has 1 unspecified atom stereocenters. The van der Waals surface area contributed by atoms with Crippen molar-refractivity contribution in [1.82, 2.24) is 4.90 Å². The number of carboxylic acid groups (broad SMARTS) is 1. The average Bonchev–Trinajstić information content (AvgIpc) is 2.50. The summed E-state index contributed by atoms with van der Waals surface area (Å²) in [5.74, 6) is -0.443. The number of hydrogen-bond acceptors (Lipinski definition) is 4. The van der Waals surface area contributed by atoms with Crippen LogP contribution in [0.2, 0.25) is 0 Å². The van der Waals surface area contributed by atoms with Gasteiger partial charge in [-0.15, -0.1) is 0 Å². The Balaban J connectivity index is 2.85. The third-order valence-corrected chi connectivity index (χ3v) is 3.12. The van der Waals surface area contributed by atoms with E-state index in [4.69, 9.17) is 14.6 Å². The summed E-state index contributed by atoms with van der Waals surface area (Å²) >= 11 is 0. The number of hydrogen-bond donors (Lipinski definition) is 2. The van der Waals surface area contributed by atoms with Gasteiger partial charge in [-0.2, -0.15) is 0 Å². The minimum Gasteiger partial charge on any atom is -0.494 e. The number of amides is 2. The quantitative estimate of drug-likeness (QED) is 0.767. The first-order valence-electron chi connectivity index (χ1n) is 7.53. The Kier molecular flexibility index (Phi) is 7.18. The average molecular weight is 324 g/mol. The highest BCUT2D eigenvalue weighted by Gasteiger charge is 2.18. The van der Waals surface area contributed by atoms with Crippen molar-refractivity contribution in [3.63, 3.8) is 0 Å². The number of ether oxygens (including phenoxy) is 2. The van der Waals surface area contributed by atoms with Gasteiger partial charge in [0.05, 0.1) is 24.8 Å². The number of carboxylic acids is 1. The van der Waals surface area contributed by atoms with Gasteiger partial charge in [-0.25, -0.2) is 4.79 Å². The lowest BCUT2D eigenvalue weighted by atomic mass is 10.2. The molecule has 0 saturated heterocycles. The molecule has 1 aromatic rings. The number of nitrogens with one attached hydrogen (secondary N) is 1. The van der Waals surface area contributed by atoms with Crippen molar-refractivity contribution >= 4 is 17.7 Å². The molecule has 128 valence electrons. The molecular formula is C16H24N2O5. The number of urea groups is 1. The molecule has 1 atom stereocenters. The van der Waals surface area contributed by atoms with Gasteiger partial charge in [-0.1, -0.05) is 6.92 Å². The Bertz CT molecular complexity index is 547. The van der Waals surface area contributed by atoms with Crippen LogP contribution >= 0.6 is 0 Å². The first kappa shape index (κ1) is 18.6. The lowest BCUT2D eigenvalue weighted by Crippen LogP contribution is -2.36. The predicted octanol–water partition coefficient (Wildman–Crippen LogP) is 2.67. The summed E-state index contributed by atoms with van der Waals surface area (Å²) in [6, 6.07) is 4.76. The molecule has 7 heteroatoms. The molecule has 0 aliphatic rings. The van der Waals surface area contributed by atoms with E-state index in [1.165, 1.54) is 4.90 Å². The second kappa shape index (κ2) is 8.87. The Labute approximate surface area is 136 Å². The molecule has 1 aromatic carbocycles. The predicted molar refractivity (Wildman–Crippen MR) is 87.2 cm³/mol. The summed E-state index contributed by atoms with van der Waals surface area (Å²) in [5.41, 5.74) is 0.484. The SMILES string of the molecule is CCOc1ccc(OCC)c(NC(=O)N(C)CC(C)C(=O)O)c1. The van der Waals surface area contributed by atoms with Crippen LogP contribution in [-0.4, -0.2) is 48.8 Å². The molecule has 0 aromatic heterocycles. The van der Waals surface area contributed by atoms with Crippen molar-refractivity contribution in [2.45, 2.75) is 20.8 Å². The summed E-state index contributed by atoms with van der Waals surface area (Å²) in [7, 11) is 1.54. The highest BCUT2D eigenvalue weighted by molar-refractivity contribution is 5.91. The molecular weight excluding hydrogens is 300 g/mol. The molecule has 2 N–H and O–H groups in total. The number of carbonyl (C=O) groups is 2. The topological polar surface area (TPSA) is 88.1 Å². The van der Waals surface area contributed by atoms with E-state index < -0.39 is 17.9 Å². The van der Waals surface area contributed by atoms with Gasteiger partial charge < -0.3 is 24.8 Å². The molecule has 0 aliphatic carbocycles. The van der Waals surface area contributed by atoms with Gasteiger partial charge in [0, 0.05) is 19.7 Å². The van der Waals surface area contributed by atoms with Crippen LogP contribution in [0.15, 0.2) is 18.2 Å². The van der Waals surface area contributed by atoms with Gasteiger partial charge in [-0.3, -0.25) is 4.79 Å². The monoisotopic (exact) mass is 324 g/mol. The van der Waals surface area contributed by atoms with E-state index in [9.17, 15) is 9.59 Å². The van der Waals surface area contributed by atoms with E-state index in [0.717, 1.165) is 0 Å². The molecule has 0 saturated carbocycles. The number of nitrogens with zero attached hydrogens (tertiary/aromatic N) is 1. The van der Waals surface area contributed by atoms with Gasteiger partial charge in [-0.05, 0) is 26.0 Å². The zero-order valence-electron chi connectivity index (χ0n) is 14.0. The van der Waals surface area contributed by atoms with Crippen LogP contribution in [0.25, 0.3) is 0 Å². The fourth-order valence-corrected chi connectivity index (χ4v) is 1.93. The van der Waals surface area contributed by atoms with Crippen LogP contribution in [0.5, 0.6) is 11.5 Å². The van der Waals surface area contributed by atoms with Gasteiger partial charge in [0.2, 0.25) is 0 Å². The fraction of sp³-hybridized carbons (Fsp3) is 0.500. The summed E-state index contributed by atoms with van der Waals surface area (Å²) in [6.45, 7) is 6.35. The van der Waals surface area contributed by atoms with E-state index >= 15 is 0 Å². The standard InChI is InChI=1S/C16H24N2O5/c1-5-22-12-7-8-14(23-6-2)13(9-12)17-16(21)18(4)10-11(3)15(19)20/h7-9,11H,5-6,10H2,1-4H3,(H,17,21)(H,19,20). The molecule has 0 bridgehead atoms. The molecule has 7 nitrogen and oxygen atoms in total. The third-order valence-electron chi connectivity index (χ3n) is 3.12. The summed E-state index contributed by atoms with van der Waals surface area (Å²) in [5, 5.41) is 11.6. The van der Waals surface area contributed by atoms with E-state index in [0.29, 0.717) is 30.4 Å². The normalized spacial score (nSPS) is 11.5. The number of benzene rings is 1. The maximum absolute atomic E-state index is 12.2. The van der Waals surface area contributed by atoms with Crippen molar-refractivity contribution in [3.8, 4) is 11.5 Å². The maximum Gasteiger partial charge on any atom is 0.321 e. The van der Waals surface area contributed by atoms with Crippen LogP contribution in [0.3, 0.4) is 0 Å². The first-order chi connectivity index (χ1) is 10.9. The second-order valence-corrected chi connectivity index (χ2v) is 5.07. The second-order valence-electron chi connectivity index (χ2n) is 5.07. The van der Waals surface area contributed by atoms with Crippen molar-refractivity contribution in [2.75, 3.05) is 32.1 Å². The lowest BCUT2D eigenvalue weighted by molar-refractivity contribution is -0.141. The largest absolute Gasteiger partial charge is 0.494 e. The Morgan fingerprint density at radius 3 is 2.48 bits per heavy atom. The van der Waals surface area contributed by atoms with Crippen LogP contribution < -0.4 is 14.8 Å². The molecule has 0 spiro atoms. The van der Waals surface area contributed by atoms with Gasteiger partial charge in [0.15, 0.2) is 0 Å². The molecule has 23 heavy (non-hydrogen) atoms. The van der Waals surface area contributed by atoms with E-state index in [-0.39, 0.29) is 6.54 Å². The molecule has 0 fully saturated rings. The molecule has 0 aliphatic heterocycles. The van der Waals surface area contributed by atoms with Crippen LogP contribution in [0, 0.1) is 5.92 Å². The van der Waals surface area contributed by atoms with Crippen LogP contribution in [-0.2, 0) is 4.79 Å². The molecule has 0 heterocycles. The molecule has 2 amide bonds. The minimum atomic E-state index is -0.946. The number of aliphatic carboxylic acids is 1. The van der Waals surface area contributed by atoms with E-state index in [2.05, 4.69) is 5.32 Å². The Morgan fingerprint density at radius 1 is 1.26 bits per heavy atom. The van der Waals surface area contributed by atoms with Crippen molar-refractivity contribution in [3.05, 3.63) is 18.2 Å². The first-order valence-corrected chi connectivity index (χ1v) is 7.53. The van der Waals surface area contributed by atoms with Gasteiger partial charge >= 0.3 is 12.0 Å². The smallest absolute Gasteiger partial charge is 0.321 e. The van der Waals surface area contributed by atoms with Crippen molar-refractivity contribution in [1.29, 1.82) is 0 Å². The van der Waals surface area contributed by atoms with E-state index in [1.54, 1.807) is 32.2 Å². The van der Waals surface area contributed by atoms with Crippen LogP contribution in [0.4, 0.5) is 10.5 Å². The minimum absolute atomic E-state index is 0.107. The lowest BCUT2D eigenvalue weighted by Gasteiger charge is -2.21. The fourth-order valence-electron chi connectivity index (χ4n) is 1.93. The number of rotatable bonds is 8. The summed E-state index contributed by atoms with van der Waals surface area (Å²) in [4.78, 5) is 24.4. The van der Waals surface area contributed by atoms with Crippen molar-refractivity contribution < 1.29 is 24.2 Å². The van der Waals surface area contributed by atoms with Gasteiger partial charge in [0.25, 0.3) is 0 Å². The third kappa shape index (κ3) is 5.69. The highest BCUT2D eigenvalue weighted by atomic mass is 16.5. The molecule has 1 rings (SSSR count). The number of carbonyl (C=O) groups excluding carboxylic acids is 1. The maximum atomic E-state index is 12.2. The summed E-state index contributed by atoms with van der Waals surface area (Å²) < 4.78 is 10.9. The van der Waals surface area contributed by atoms with Crippen LogP contribution in [0.1, 0.15) is 20.8 Å². The van der Waals surface area contributed by atoms with Gasteiger partial charge in [0.1, 0.15) is 11.5 Å². The zero-order valence-corrected chi connectivity index (χ0v) is 14.0. The Hall–Kier alpha value is -2.44. The van der Waals surface area contributed by atoms with Crippen molar-refractivity contribution in [2.24, 2.45) is 5.92 Å². The Morgan fingerprint density at radius 2 is 1.91 bits per heavy atom. The highest BCUT2D eigenvalue weighted by Crippen LogP contribution is 2.29.